The molecule has 0 N–H and O–H groups in total. The molecule has 4 heteroatoms. The minimum absolute atomic E-state index is 0.345. The van der Waals surface area contributed by atoms with Crippen LogP contribution < -0.4 is 4.90 Å². The Balaban J connectivity index is 2.63. The Morgan fingerprint density at radius 2 is 1.82 bits per heavy atom. The topological polar surface area (TPSA) is 41.4 Å². The van der Waals surface area contributed by atoms with Crippen LogP contribution in [0.15, 0.2) is 4.99 Å². The second-order valence-corrected chi connectivity index (χ2v) is 5.14. The number of hydrogen-bond donors (Lipinski definition) is 0. The molecule has 17 heavy (non-hydrogen) atoms. The van der Waals surface area contributed by atoms with Gasteiger partial charge in [-0.25, -0.2) is 9.97 Å². The molecule has 0 aromatic carbocycles. The van der Waals surface area contributed by atoms with E-state index in [-0.39, 0.29) is 0 Å². The second-order valence-electron chi connectivity index (χ2n) is 5.14. The third kappa shape index (κ3) is 2.16. The van der Waals surface area contributed by atoms with Crippen LogP contribution in [0.3, 0.4) is 0 Å². The van der Waals surface area contributed by atoms with Crippen LogP contribution in [0.2, 0.25) is 0 Å². The summed E-state index contributed by atoms with van der Waals surface area (Å²) in [4.78, 5) is 15.9. The lowest BCUT2D eigenvalue weighted by molar-refractivity contribution is 0.725. The first-order chi connectivity index (χ1) is 8.00. The summed E-state index contributed by atoms with van der Waals surface area (Å²) in [7, 11) is 2.05. The standard InChI is InChI=1S/C13H20N4/c1-8(2)10-11-13(17(5)7-6-14-11)16-12(15-10)9(3)4/h6,8-9H,7H2,1-5H3. The van der Waals surface area contributed by atoms with Gasteiger partial charge in [0.25, 0.3) is 0 Å². The molecule has 92 valence electrons. The normalized spacial score (nSPS) is 14.6. The molecule has 2 heterocycles. The lowest BCUT2D eigenvalue weighted by atomic mass is 10.1. The Labute approximate surface area is 103 Å². The Morgan fingerprint density at radius 3 is 2.41 bits per heavy atom. The van der Waals surface area contributed by atoms with Gasteiger partial charge in [-0.1, -0.05) is 27.7 Å². The van der Waals surface area contributed by atoms with Crippen LogP contribution in [0.25, 0.3) is 0 Å². The molecule has 1 aliphatic rings. The fourth-order valence-corrected chi connectivity index (χ4v) is 1.87. The quantitative estimate of drug-likeness (QED) is 0.787. The van der Waals surface area contributed by atoms with Crippen LogP contribution in [-0.2, 0) is 0 Å². The number of fused-ring (bicyclic) bond motifs is 1. The van der Waals surface area contributed by atoms with Crippen molar-refractivity contribution in [2.75, 3.05) is 18.5 Å². The van der Waals surface area contributed by atoms with Crippen molar-refractivity contribution in [1.82, 2.24) is 9.97 Å². The highest BCUT2D eigenvalue weighted by Crippen LogP contribution is 2.35. The summed E-state index contributed by atoms with van der Waals surface area (Å²) in [6.07, 6.45) is 1.92. The number of aromatic nitrogens is 2. The zero-order valence-corrected chi connectivity index (χ0v) is 11.2. The van der Waals surface area contributed by atoms with E-state index in [1.165, 1.54) is 0 Å². The van der Waals surface area contributed by atoms with E-state index in [9.17, 15) is 0 Å². The molecule has 0 atom stereocenters. The molecule has 0 spiro atoms. The average molecular weight is 232 g/mol. The predicted octanol–water partition coefficient (Wildman–Crippen LogP) is 2.88. The third-order valence-electron chi connectivity index (χ3n) is 2.91. The highest BCUT2D eigenvalue weighted by atomic mass is 15.2. The minimum atomic E-state index is 0.345. The summed E-state index contributed by atoms with van der Waals surface area (Å²) in [5.41, 5.74) is 2.00. The van der Waals surface area contributed by atoms with Gasteiger partial charge in [0.1, 0.15) is 11.5 Å². The molecule has 1 aromatic heterocycles. The summed E-state index contributed by atoms with van der Waals surface area (Å²) in [6.45, 7) is 9.36. The van der Waals surface area contributed by atoms with Crippen molar-refractivity contribution < 1.29 is 0 Å². The molecule has 0 aliphatic carbocycles. The zero-order valence-electron chi connectivity index (χ0n) is 11.2. The summed E-state index contributed by atoms with van der Waals surface area (Å²) in [6, 6.07) is 0. The molecule has 4 nitrogen and oxygen atoms in total. The van der Waals surface area contributed by atoms with Crippen molar-refractivity contribution in [3.63, 3.8) is 0 Å². The maximum atomic E-state index is 4.67. The van der Waals surface area contributed by atoms with Gasteiger partial charge in [-0.15, -0.1) is 0 Å². The van der Waals surface area contributed by atoms with Crippen LogP contribution in [0.4, 0.5) is 11.5 Å². The number of hydrogen-bond acceptors (Lipinski definition) is 4. The van der Waals surface area contributed by atoms with E-state index >= 15 is 0 Å². The molecule has 0 saturated carbocycles. The van der Waals surface area contributed by atoms with Crippen LogP contribution in [0, 0.1) is 0 Å². The van der Waals surface area contributed by atoms with Gasteiger partial charge in [0.05, 0.1) is 12.2 Å². The van der Waals surface area contributed by atoms with Crippen LogP contribution in [0.5, 0.6) is 0 Å². The van der Waals surface area contributed by atoms with Crippen LogP contribution in [0.1, 0.15) is 51.0 Å². The van der Waals surface area contributed by atoms with Crippen molar-refractivity contribution >= 4 is 17.7 Å². The van der Waals surface area contributed by atoms with Crippen molar-refractivity contribution in [3.05, 3.63) is 11.5 Å². The fraction of sp³-hybridized carbons (Fsp3) is 0.615. The first kappa shape index (κ1) is 12.0. The molecular weight excluding hydrogens is 212 g/mol. The van der Waals surface area contributed by atoms with Crippen LogP contribution in [-0.4, -0.2) is 29.8 Å². The summed E-state index contributed by atoms with van der Waals surface area (Å²) in [5, 5.41) is 0. The Bertz CT molecular complexity index is 449. The van der Waals surface area contributed by atoms with Gasteiger partial charge in [0.15, 0.2) is 5.82 Å². The molecule has 1 aliphatic heterocycles. The summed E-state index contributed by atoms with van der Waals surface area (Å²) in [5.74, 6) is 2.59. The summed E-state index contributed by atoms with van der Waals surface area (Å²) >= 11 is 0. The minimum Gasteiger partial charge on any atom is -0.352 e. The SMILES string of the molecule is CC(C)c1nc(C(C)C)c2c(n1)N(C)CC=N2. The molecular formula is C13H20N4. The lowest BCUT2D eigenvalue weighted by Gasteiger charge is -2.25. The molecule has 1 aromatic rings. The predicted molar refractivity (Wildman–Crippen MR) is 71.6 cm³/mol. The van der Waals surface area contributed by atoms with Crippen molar-refractivity contribution in [2.45, 2.75) is 39.5 Å². The van der Waals surface area contributed by atoms with E-state index in [2.05, 4.69) is 47.6 Å². The number of aliphatic imine (C=N–C) groups is 1. The average Bonchev–Trinajstić information content (AvgIpc) is 2.28. The molecule has 0 unspecified atom stereocenters. The Hall–Kier alpha value is -1.45. The van der Waals surface area contributed by atoms with Crippen molar-refractivity contribution in [1.29, 1.82) is 0 Å². The fourth-order valence-electron chi connectivity index (χ4n) is 1.87. The first-order valence-electron chi connectivity index (χ1n) is 6.16. The molecule has 0 fully saturated rings. The Morgan fingerprint density at radius 1 is 1.12 bits per heavy atom. The van der Waals surface area contributed by atoms with Crippen molar-refractivity contribution in [3.8, 4) is 0 Å². The smallest absolute Gasteiger partial charge is 0.158 e. The van der Waals surface area contributed by atoms with Gasteiger partial charge in [0.2, 0.25) is 0 Å². The number of rotatable bonds is 2. The van der Waals surface area contributed by atoms with Gasteiger partial charge in [0, 0.05) is 19.2 Å². The largest absolute Gasteiger partial charge is 0.352 e. The van der Waals surface area contributed by atoms with Gasteiger partial charge >= 0.3 is 0 Å². The third-order valence-corrected chi connectivity index (χ3v) is 2.91. The van der Waals surface area contributed by atoms with E-state index in [1.807, 2.05) is 13.3 Å². The van der Waals surface area contributed by atoms with E-state index in [4.69, 9.17) is 0 Å². The van der Waals surface area contributed by atoms with Gasteiger partial charge < -0.3 is 4.90 Å². The van der Waals surface area contributed by atoms with Crippen molar-refractivity contribution in [2.24, 2.45) is 4.99 Å². The highest BCUT2D eigenvalue weighted by Gasteiger charge is 2.21. The van der Waals surface area contributed by atoms with Gasteiger partial charge in [-0.3, -0.25) is 4.99 Å². The molecule has 0 bridgehead atoms. The van der Waals surface area contributed by atoms with E-state index < -0.39 is 0 Å². The molecule has 2 rings (SSSR count). The number of nitrogens with zero attached hydrogens (tertiary/aromatic N) is 4. The first-order valence-corrected chi connectivity index (χ1v) is 6.16. The monoisotopic (exact) mass is 232 g/mol. The van der Waals surface area contributed by atoms with Gasteiger partial charge in [-0.05, 0) is 5.92 Å². The van der Waals surface area contributed by atoms with E-state index in [0.717, 1.165) is 29.6 Å². The highest BCUT2D eigenvalue weighted by molar-refractivity contribution is 5.80. The molecule has 0 saturated heterocycles. The maximum absolute atomic E-state index is 4.67. The molecule has 0 radical (unpaired) electrons. The van der Waals surface area contributed by atoms with Crippen LogP contribution >= 0.6 is 0 Å². The zero-order chi connectivity index (χ0) is 12.6. The van der Waals surface area contributed by atoms with Gasteiger partial charge in [-0.2, -0.15) is 0 Å². The lowest BCUT2D eigenvalue weighted by Crippen LogP contribution is -2.25. The van der Waals surface area contributed by atoms with E-state index in [1.54, 1.807) is 0 Å². The summed E-state index contributed by atoms with van der Waals surface area (Å²) < 4.78 is 0. The number of anilines is 1. The Kier molecular flexibility index (Phi) is 3.13. The maximum Gasteiger partial charge on any atom is 0.158 e. The molecule has 0 amide bonds. The second kappa shape index (κ2) is 4.43. The van der Waals surface area contributed by atoms with E-state index in [0.29, 0.717) is 11.8 Å².